The number of hydrogen-bond donors (Lipinski definition) is 1. The summed E-state index contributed by atoms with van der Waals surface area (Å²) in [5.74, 6) is 0.220. The van der Waals surface area contributed by atoms with Crippen molar-refractivity contribution in [2.75, 3.05) is 31.9 Å². The van der Waals surface area contributed by atoms with Gasteiger partial charge in [0.25, 0.3) is 0 Å². The lowest BCUT2D eigenvalue weighted by molar-refractivity contribution is -0.132. The summed E-state index contributed by atoms with van der Waals surface area (Å²) in [4.78, 5) is 16.2. The van der Waals surface area contributed by atoms with E-state index >= 15 is 0 Å². The van der Waals surface area contributed by atoms with Gasteiger partial charge in [0.1, 0.15) is 0 Å². The molecule has 2 rings (SSSR count). The molecule has 1 aliphatic rings. The first-order chi connectivity index (χ1) is 9.15. The van der Waals surface area contributed by atoms with Crippen LogP contribution < -0.4 is 5.73 Å². The Labute approximate surface area is 115 Å². The number of benzene rings is 1. The summed E-state index contributed by atoms with van der Waals surface area (Å²) in [6, 6.07) is 6.05. The van der Waals surface area contributed by atoms with Crippen molar-refractivity contribution in [1.29, 1.82) is 0 Å². The molecule has 0 bridgehead atoms. The maximum atomic E-state index is 12.1. The molecule has 1 aliphatic heterocycles. The third kappa shape index (κ3) is 3.07. The number of nitrogens with zero attached hydrogens (tertiary/aromatic N) is 2. The summed E-state index contributed by atoms with van der Waals surface area (Å²) in [6.07, 6.45) is 0.938. The highest BCUT2D eigenvalue weighted by atomic mass is 16.2. The van der Waals surface area contributed by atoms with Crippen LogP contribution in [0.15, 0.2) is 18.2 Å². The van der Waals surface area contributed by atoms with E-state index in [4.69, 9.17) is 5.73 Å². The second-order valence-corrected chi connectivity index (χ2v) is 5.01. The molecule has 0 aliphatic carbocycles. The highest BCUT2D eigenvalue weighted by molar-refractivity contribution is 5.78. The van der Waals surface area contributed by atoms with Crippen LogP contribution in [-0.2, 0) is 17.8 Å². The molecule has 2 N–H and O–H groups in total. The second kappa shape index (κ2) is 6.06. The van der Waals surface area contributed by atoms with Crippen LogP contribution in [0.5, 0.6) is 0 Å². The normalized spacial score (nSPS) is 15.1. The Morgan fingerprint density at radius 2 is 2.11 bits per heavy atom. The van der Waals surface area contributed by atoms with E-state index in [1.807, 2.05) is 30.9 Å². The molecule has 0 atom stereocenters. The number of carbonyl (C=O) groups is 1. The van der Waals surface area contributed by atoms with E-state index in [1.54, 1.807) is 0 Å². The summed E-state index contributed by atoms with van der Waals surface area (Å²) in [7, 11) is 0. The van der Waals surface area contributed by atoms with Crippen molar-refractivity contribution in [3.05, 3.63) is 29.3 Å². The lowest BCUT2D eigenvalue weighted by atomic mass is 9.98. The number of likely N-dealkylation sites (N-methyl/N-ethyl adjacent to an activating group) is 1. The average molecular weight is 261 g/mol. The first kappa shape index (κ1) is 13.9. The van der Waals surface area contributed by atoms with Gasteiger partial charge in [0, 0.05) is 31.9 Å². The van der Waals surface area contributed by atoms with Crippen LogP contribution in [0.4, 0.5) is 5.69 Å². The van der Waals surface area contributed by atoms with Gasteiger partial charge in [-0.05, 0) is 37.5 Å². The van der Waals surface area contributed by atoms with Crippen LogP contribution in [0.25, 0.3) is 0 Å². The minimum Gasteiger partial charge on any atom is -0.398 e. The lowest BCUT2D eigenvalue weighted by Gasteiger charge is -2.30. The fraction of sp³-hybridized carbons (Fsp3) is 0.533. The Bertz CT molecular complexity index is 455. The Morgan fingerprint density at radius 1 is 1.37 bits per heavy atom. The first-order valence-electron chi connectivity index (χ1n) is 7.02. The molecule has 0 saturated heterocycles. The van der Waals surface area contributed by atoms with E-state index in [0.29, 0.717) is 6.54 Å². The van der Waals surface area contributed by atoms with E-state index in [0.717, 1.165) is 38.3 Å². The van der Waals surface area contributed by atoms with Gasteiger partial charge in [0.15, 0.2) is 0 Å². The Balaban J connectivity index is 2.01. The van der Waals surface area contributed by atoms with Crippen molar-refractivity contribution in [3.63, 3.8) is 0 Å². The number of carbonyl (C=O) groups excluding carboxylic acids is 1. The molecule has 104 valence electrons. The number of rotatable bonds is 4. The van der Waals surface area contributed by atoms with Crippen LogP contribution in [0.3, 0.4) is 0 Å². The molecular formula is C15H23N3O. The van der Waals surface area contributed by atoms with Crippen LogP contribution in [-0.4, -0.2) is 41.9 Å². The molecule has 0 aromatic heterocycles. The summed E-state index contributed by atoms with van der Waals surface area (Å²) >= 11 is 0. The van der Waals surface area contributed by atoms with Crippen LogP contribution in [0, 0.1) is 0 Å². The standard InChI is InChI=1S/C15H23N3O/c1-3-18(4-2)15(19)11-17-9-8-13-12(10-17)6-5-7-14(13)16/h5-7H,3-4,8-11,16H2,1-2H3. The molecule has 0 saturated carbocycles. The monoisotopic (exact) mass is 261 g/mol. The zero-order chi connectivity index (χ0) is 13.8. The average Bonchev–Trinajstić information content (AvgIpc) is 2.40. The van der Waals surface area contributed by atoms with Gasteiger partial charge in [-0.1, -0.05) is 12.1 Å². The number of anilines is 1. The third-order valence-corrected chi connectivity index (χ3v) is 3.86. The molecule has 1 aromatic carbocycles. The zero-order valence-corrected chi connectivity index (χ0v) is 11.9. The summed E-state index contributed by atoms with van der Waals surface area (Å²) < 4.78 is 0. The number of nitrogen functional groups attached to an aromatic ring is 1. The maximum Gasteiger partial charge on any atom is 0.236 e. The number of nitrogens with two attached hydrogens (primary N) is 1. The van der Waals surface area contributed by atoms with Gasteiger partial charge in [-0.3, -0.25) is 9.69 Å². The molecule has 1 aromatic rings. The largest absolute Gasteiger partial charge is 0.398 e. The van der Waals surface area contributed by atoms with E-state index in [1.165, 1.54) is 11.1 Å². The topological polar surface area (TPSA) is 49.6 Å². The Hall–Kier alpha value is -1.55. The number of fused-ring (bicyclic) bond motifs is 1. The maximum absolute atomic E-state index is 12.1. The minimum atomic E-state index is 0.220. The van der Waals surface area contributed by atoms with Crippen molar-refractivity contribution in [1.82, 2.24) is 9.80 Å². The van der Waals surface area contributed by atoms with Gasteiger partial charge in [0.2, 0.25) is 5.91 Å². The van der Waals surface area contributed by atoms with Crippen LogP contribution in [0.2, 0.25) is 0 Å². The molecule has 19 heavy (non-hydrogen) atoms. The van der Waals surface area contributed by atoms with Gasteiger partial charge in [-0.2, -0.15) is 0 Å². The van der Waals surface area contributed by atoms with Crippen LogP contribution in [0.1, 0.15) is 25.0 Å². The molecule has 1 amide bonds. The smallest absolute Gasteiger partial charge is 0.236 e. The SMILES string of the molecule is CCN(CC)C(=O)CN1CCc2c(N)cccc2C1. The van der Waals surface area contributed by atoms with Gasteiger partial charge >= 0.3 is 0 Å². The first-order valence-corrected chi connectivity index (χ1v) is 7.02. The quantitative estimate of drug-likeness (QED) is 0.836. The lowest BCUT2D eigenvalue weighted by Crippen LogP contribution is -2.42. The highest BCUT2D eigenvalue weighted by Gasteiger charge is 2.21. The van der Waals surface area contributed by atoms with Gasteiger partial charge in [0.05, 0.1) is 6.54 Å². The fourth-order valence-electron chi connectivity index (χ4n) is 2.70. The van der Waals surface area contributed by atoms with E-state index in [2.05, 4.69) is 11.0 Å². The summed E-state index contributed by atoms with van der Waals surface area (Å²) in [5.41, 5.74) is 9.39. The molecule has 0 unspecified atom stereocenters. The minimum absolute atomic E-state index is 0.220. The molecule has 1 heterocycles. The zero-order valence-electron chi connectivity index (χ0n) is 11.9. The molecule has 4 nitrogen and oxygen atoms in total. The number of amides is 1. The van der Waals surface area contributed by atoms with E-state index < -0.39 is 0 Å². The van der Waals surface area contributed by atoms with Crippen LogP contribution >= 0.6 is 0 Å². The predicted molar refractivity (Wildman–Crippen MR) is 77.8 cm³/mol. The Kier molecular flexibility index (Phi) is 4.43. The second-order valence-electron chi connectivity index (χ2n) is 5.01. The van der Waals surface area contributed by atoms with E-state index in [-0.39, 0.29) is 5.91 Å². The van der Waals surface area contributed by atoms with Crippen molar-refractivity contribution in [3.8, 4) is 0 Å². The summed E-state index contributed by atoms with van der Waals surface area (Å²) in [6.45, 7) is 7.86. The van der Waals surface area contributed by atoms with Gasteiger partial charge in [-0.25, -0.2) is 0 Å². The summed E-state index contributed by atoms with van der Waals surface area (Å²) in [5, 5.41) is 0. The van der Waals surface area contributed by atoms with Gasteiger partial charge in [-0.15, -0.1) is 0 Å². The molecule has 0 radical (unpaired) electrons. The van der Waals surface area contributed by atoms with Crippen molar-refractivity contribution >= 4 is 11.6 Å². The Morgan fingerprint density at radius 3 is 2.79 bits per heavy atom. The predicted octanol–water partition coefficient (Wildman–Crippen LogP) is 1.50. The fourth-order valence-corrected chi connectivity index (χ4v) is 2.70. The highest BCUT2D eigenvalue weighted by Crippen LogP contribution is 2.23. The van der Waals surface area contributed by atoms with Crippen molar-refractivity contribution < 1.29 is 4.79 Å². The van der Waals surface area contributed by atoms with Crippen molar-refractivity contribution in [2.24, 2.45) is 0 Å². The third-order valence-electron chi connectivity index (χ3n) is 3.86. The van der Waals surface area contributed by atoms with E-state index in [9.17, 15) is 4.79 Å². The molecule has 0 fully saturated rings. The molecule has 4 heteroatoms. The van der Waals surface area contributed by atoms with Crippen molar-refractivity contribution in [2.45, 2.75) is 26.8 Å². The number of hydrogen-bond acceptors (Lipinski definition) is 3. The molecule has 0 spiro atoms. The van der Waals surface area contributed by atoms with Gasteiger partial charge < -0.3 is 10.6 Å². The molecular weight excluding hydrogens is 238 g/mol.